The molecule has 2 saturated carbocycles. The van der Waals surface area contributed by atoms with Crippen LogP contribution in [0.1, 0.15) is 76.9 Å². The number of hydrogen-bond donors (Lipinski definition) is 2. The second-order valence-corrected chi connectivity index (χ2v) is 27.5. The molecule has 9 rings (SSSR count). The van der Waals surface area contributed by atoms with Gasteiger partial charge in [-0.1, -0.05) is 50.9 Å². The van der Waals surface area contributed by atoms with E-state index in [2.05, 4.69) is 47.9 Å². The summed E-state index contributed by atoms with van der Waals surface area (Å²) in [6.45, 7) is 9.92. The first-order chi connectivity index (χ1) is 23.9. The van der Waals surface area contributed by atoms with Crippen LogP contribution in [0.25, 0.3) is 11.3 Å². The van der Waals surface area contributed by atoms with Crippen LogP contribution in [0.15, 0.2) is 24.8 Å². The molecule has 0 spiro atoms. The molecule has 5 aliphatic rings. The van der Waals surface area contributed by atoms with E-state index in [4.69, 9.17) is 43.7 Å². The van der Waals surface area contributed by atoms with Crippen molar-refractivity contribution < 1.29 is 18.9 Å². The average Bonchev–Trinajstić information content (AvgIpc) is 3.82. The predicted octanol–water partition coefficient (Wildman–Crippen LogP) is 6.81. The minimum atomic E-state index is -2.96. The maximum atomic E-state index is 14.7. The molecule has 7 heterocycles. The van der Waals surface area contributed by atoms with Crippen molar-refractivity contribution in [2.45, 2.75) is 70.5 Å². The Labute approximate surface area is 307 Å². The Morgan fingerprint density at radius 2 is 1.32 bits per heavy atom. The summed E-state index contributed by atoms with van der Waals surface area (Å²) >= 11 is 12.8. The van der Waals surface area contributed by atoms with Crippen LogP contribution < -0.4 is 9.47 Å². The zero-order valence-corrected chi connectivity index (χ0v) is 33.2. The minimum absolute atomic E-state index is 0.0122. The maximum absolute atomic E-state index is 14.7. The van der Waals surface area contributed by atoms with Crippen molar-refractivity contribution in [1.29, 1.82) is 0 Å². The van der Waals surface area contributed by atoms with Crippen LogP contribution in [0.4, 0.5) is 0 Å². The molecule has 4 aromatic rings. The number of hydrogen-bond acceptors (Lipinski definition) is 11. The third-order valence-corrected chi connectivity index (χ3v) is 21.0. The first-order valence-electron chi connectivity index (χ1n) is 17.9. The summed E-state index contributed by atoms with van der Waals surface area (Å²) in [4.78, 5) is 21.2. The second kappa shape index (κ2) is 13.6. The van der Waals surface area contributed by atoms with Crippen molar-refractivity contribution in [2.24, 2.45) is 41.4 Å². The molecule has 3 fully saturated rings. The molecule has 0 radical (unpaired) electrons. The Bertz CT molecular complexity index is 1860. The van der Waals surface area contributed by atoms with E-state index in [-0.39, 0.29) is 58.5 Å². The van der Waals surface area contributed by atoms with E-state index in [0.29, 0.717) is 54.8 Å². The number of nitrogens with zero attached hydrogens (tertiary/aromatic N) is 8. The van der Waals surface area contributed by atoms with Gasteiger partial charge in [0.2, 0.25) is 11.3 Å². The van der Waals surface area contributed by atoms with Gasteiger partial charge in [-0.2, -0.15) is 0 Å². The largest absolute Gasteiger partial charge is 0.475 e. The van der Waals surface area contributed by atoms with Crippen molar-refractivity contribution in [3.05, 3.63) is 36.4 Å². The van der Waals surface area contributed by atoms with E-state index in [0.717, 1.165) is 37.3 Å². The molecule has 14 bridgehead atoms. The fourth-order valence-corrected chi connectivity index (χ4v) is 20.5. The highest BCUT2D eigenvalue weighted by atomic mass is 33.1. The normalized spacial score (nSPS) is 39.6. The summed E-state index contributed by atoms with van der Waals surface area (Å²) in [6, 6.07) is 0. The summed E-state index contributed by atoms with van der Waals surface area (Å²) in [5.41, 5.74) is -1.80. The second-order valence-electron chi connectivity index (χ2n) is 15.2. The van der Waals surface area contributed by atoms with E-state index >= 15 is 0 Å². The van der Waals surface area contributed by atoms with Crippen molar-refractivity contribution in [2.75, 3.05) is 31.7 Å². The standard InChI is InChI=1S/C33H46N8O4P2S3/c1-18-15-46(42,48)16-26-20(3)23-14-25(26)29-37-39-31-33(35-8-10-41(29)31)45-12-6-5-11-44-32-30-38-36-28(40(30)9-7-34-32)24-13-22(18)19(2)27(24)17-47(43,49)50-21(23)4/h7-10,18-27H,5-6,11-17H2,1-4H3,(H,42,48)(H,43,49)/t18?,19-,20-,21?,22?,23?,24?,25-,26-,27-,46?,47?/m1/s1. The molecule has 0 aromatic carbocycles. The smallest absolute Gasteiger partial charge is 0.260 e. The molecule has 0 amide bonds. The van der Waals surface area contributed by atoms with Gasteiger partial charge in [-0.05, 0) is 67.1 Å². The van der Waals surface area contributed by atoms with E-state index in [1.54, 1.807) is 23.8 Å². The quantitative estimate of drug-likeness (QED) is 0.143. The Hall–Kier alpha value is -1.76. The van der Waals surface area contributed by atoms with E-state index in [1.165, 1.54) is 0 Å². The molecule has 1 N–H and O–H groups in total. The van der Waals surface area contributed by atoms with Crippen LogP contribution >= 0.6 is 35.4 Å². The van der Waals surface area contributed by atoms with Gasteiger partial charge in [-0.3, -0.25) is 8.80 Å². The molecule has 270 valence electrons. The fourth-order valence-electron chi connectivity index (χ4n) is 9.81. The number of aromatic nitrogens is 8. The minimum Gasteiger partial charge on any atom is -0.475 e. The highest BCUT2D eigenvalue weighted by Gasteiger charge is 2.51. The van der Waals surface area contributed by atoms with Gasteiger partial charge in [-0.15, -0.1) is 32.6 Å². The molecule has 1 saturated heterocycles. The van der Waals surface area contributed by atoms with Crippen LogP contribution in [0.2, 0.25) is 0 Å². The van der Waals surface area contributed by atoms with Gasteiger partial charge in [0.1, 0.15) is 11.6 Å². The van der Waals surface area contributed by atoms with Crippen molar-refractivity contribution in [3.63, 3.8) is 0 Å². The Kier molecular flexibility index (Phi) is 9.58. The summed E-state index contributed by atoms with van der Waals surface area (Å²) < 4.78 is 31.0. The molecule has 50 heavy (non-hydrogen) atoms. The van der Waals surface area contributed by atoms with E-state index in [1.807, 2.05) is 21.2 Å². The van der Waals surface area contributed by atoms with Gasteiger partial charge in [-0.25, -0.2) is 9.97 Å². The monoisotopic (exact) mass is 776 g/mol. The first-order valence-corrected chi connectivity index (χ1v) is 25.5. The lowest BCUT2D eigenvalue weighted by Gasteiger charge is -2.34. The lowest BCUT2D eigenvalue weighted by atomic mass is 9.84. The molecular weight excluding hydrogens is 731 g/mol. The van der Waals surface area contributed by atoms with Gasteiger partial charge in [0.15, 0.2) is 5.55 Å². The van der Waals surface area contributed by atoms with Gasteiger partial charge in [0.25, 0.3) is 11.8 Å². The third kappa shape index (κ3) is 6.44. The van der Waals surface area contributed by atoms with Gasteiger partial charge < -0.3 is 18.9 Å². The fraction of sp³-hybridized carbons (Fsp3) is 0.697. The van der Waals surface area contributed by atoms with Gasteiger partial charge in [0.05, 0.1) is 19.5 Å². The molecule has 12 nitrogen and oxygen atoms in total. The lowest BCUT2D eigenvalue weighted by molar-refractivity contribution is 0.258. The van der Waals surface area contributed by atoms with E-state index in [9.17, 15) is 9.46 Å². The average molecular weight is 777 g/mol. The SMILES string of the molecule is CC1CP(O)(=S)C[C@@H]2[C@H](C)C3C[C@H]2c2nnc4c(nccn24)OCCCCOc2nccn4c(nnc24)C2CC1[C@@H](C)[C@H]2CP(=O)(S)SC3C. The first kappa shape index (κ1) is 35.3. The molecule has 17 heteroatoms. The van der Waals surface area contributed by atoms with Crippen molar-refractivity contribution in [3.8, 4) is 11.8 Å². The highest BCUT2D eigenvalue weighted by molar-refractivity contribution is 8.86. The number of ether oxygens (including phenoxy) is 2. The zero-order chi connectivity index (χ0) is 34.9. The lowest BCUT2D eigenvalue weighted by Crippen LogP contribution is -2.26. The van der Waals surface area contributed by atoms with Crippen LogP contribution in [0, 0.1) is 41.4 Å². The molecule has 7 unspecified atom stereocenters. The molecule has 12 atom stereocenters. The number of thiol groups is 1. The molecule has 2 aliphatic carbocycles. The summed E-state index contributed by atoms with van der Waals surface area (Å²) in [6.07, 6.45) is 9.37. The summed E-state index contributed by atoms with van der Waals surface area (Å²) in [7, 11) is 0. The molecule has 4 aromatic heterocycles. The number of fused-ring (bicyclic) bond motifs is 11. The van der Waals surface area contributed by atoms with E-state index < -0.39 is 11.8 Å². The highest BCUT2D eigenvalue weighted by Crippen LogP contribution is 2.71. The van der Waals surface area contributed by atoms with Crippen LogP contribution in [0.3, 0.4) is 0 Å². The number of rotatable bonds is 0. The molecule has 3 aliphatic heterocycles. The van der Waals surface area contributed by atoms with Crippen molar-refractivity contribution >= 4 is 58.5 Å². The van der Waals surface area contributed by atoms with Crippen LogP contribution in [-0.2, 0) is 16.4 Å². The summed E-state index contributed by atoms with van der Waals surface area (Å²) in [5.74, 6) is 3.91. The van der Waals surface area contributed by atoms with Gasteiger partial charge in [0, 0.05) is 60.4 Å². The third-order valence-electron chi connectivity index (χ3n) is 12.3. The van der Waals surface area contributed by atoms with Crippen LogP contribution in [0.5, 0.6) is 11.8 Å². The van der Waals surface area contributed by atoms with Crippen molar-refractivity contribution in [1.82, 2.24) is 39.2 Å². The van der Waals surface area contributed by atoms with Gasteiger partial charge >= 0.3 is 0 Å². The topological polar surface area (TPSA) is 142 Å². The maximum Gasteiger partial charge on any atom is 0.260 e. The Balaban J connectivity index is 1.26. The Morgan fingerprint density at radius 3 is 1.90 bits per heavy atom. The van der Waals surface area contributed by atoms with Crippen LogP contribution in [-0.4, -0.2) is 81.0 Å². The zero-order valence-electron chi connectivity index (χ0n) is 28.9. The molecular formula is C33H46N8O4P2S3. The summed E-state index contributed by atoms with van der Waals surface area (Å²) in [5, 5.41) is 18.7. The predicted molar refractivity (Wildman–Crippen MR) is 203 cm³/mol. The Morgan fingerprint density at radius 1 is 0.800 bits per heavy atom.